The van der Waals surface area contributed by atoms with Gasteiger partial charge in [-0.15, -0.1) is 0 Å². The number of unbranched alkanes of at least 4 members (excludes halogenated alkanes) is 3. The van der Waals surface area contributed by atoms with Crippen molar-refractivity contribution >= 4 is 17.1 Å². The first-order valence-electron chi connectivity index (χ1n) is 12.1. The lowest BCUT2D eigenvalue weighted by Crippen LogP contribution is -2.47. The molecule has 2 N–H and O–H groups in total. The van der Waals surface area contributed by atoms with Crippen LogP contribution >= 0.6 is 0 Å². The van der Waals surface area contributed by atoms with Gasteiger partial charge in [0.05, 0.1) is 23.4 Å². The summed E-state index contributed by atoms with van der Waals surface area (Å²) in [6, 6.07) is 10.2. The summed E-state index contributed by atoms with van der Waals surface area (Å²) in [4.78, 5) is 17.6. The Bertz CT molecular complexity index is 1130. The van der Waals surface area contributed by atoms with Crippen molar-refractivity contribution in [3.05, 3.63) is 59.9 Å². The zero-order valence-corrected chi connectivity index (χ0v) is 20.5. The smallest absolute Gasteiger partial charge is 0.256 e. The van der Waals surface area contributed by atoms with Gasteiger partial charge in [-0.2, -0.15) is 10.2 Å². The highest BCUT2D eigenvalue weighted by atomic mass is 16.5. The van der Waals surface area contributed by atoms with E-state index in [1.807, 2.05) is 48.1 Å². The molecule has 1 aliphatic heterocycles. The number of nitrogens with one attached hydrogen (secondary N) is 2. The van der Waals surface area contributed by atoms with Crippen molar-refractivity contribution in [1.82, 2.24) is 30.3 Å². The van der Waals surface area contributed by atoms with Gasteiger partial charge in [0, 0.05) is 18.7 Å². The fraction of sp³-hybridized carbons (Fsp3) is 0.462. The van der Waals surface area contributed by atoms with E-state index in [0.29, 0.717) is 17.8 Å². The molecule has 1 aliphatic rings. The lowest BCUT2D eigenvalue weighted by atomic mass is 9.79. The number of nitrogens with zero attached hydrogens (tertiary/aromatic N) is 4. The molecule has 0 saturated carbocycles. The summed E-state index contributed by atoms with van der Waals surface area (Å²) in [6.45, 7) is 9.12. The van der Waals surface area contributed by atoms with E-state index in [1.165, 1.54) is 25.6 Å². The minimum atomic E-state index is -0.600. The molecule has 0 unspecified atom stereocenters. The summed E-state index contributed by atoms with van der Waals surface area (Å²) in [5.74, 6) is 1.09. The molecular formula is C26H34N6O2. The van der Waals surface area contributed by atoms with E-state index in [-0.39, 0.29) is 11.9 Å². The van der Waals surface area contributed by atoms with E-state index in [1.54, 1.807) is 0 Å². The van der Waals surface area contributed by atoms with Gasteiger partial charge in [-0.25, -0.2) is 4.98 Å². The van der Waals surface area contributed by atoms with Crippen molar-refractivity contribution in [3.63, 3.8) is 0 Å². The summed E-state index contributed by atoms with van der Waals surface area (Å²) in [7, 11) is 0. The Morgan fingerprint density at radius 3 is 2.59 bits per heavy atom. The number of ether oxygens (including phenoxy) is 1. The summed E-state index contributed by atoms with van der Waals surface area (Å²) in [5.41, 5.74) is 2.51. The van der Waals surface area contributed by atoms with Crippen LogP contribution in [0.5, 0.6) is 5.75 Å². The minimum absolute atomic E-state index is 0.198. The molecule has 3 heterocycles. The number of aromatic nitrogens is 5. The molecule has 34 heavy (non-hydrogen) atoms. The number of H-pyrrole nitrogens is 1. The molecule has 1 aromatic carbocycles. The van der Waals surface area contributed by atoms with Crippen LogP contribution in [0, 0.1) is 0 Å². The number of hydrogen-bond acceptors (Lipinski definition) is 5. The number of benzene rings is 1. The first-order valence-corrected chi connectivity index (χ1v) is 12.1. The molecule has 0 bridgehead atoms. The Balaban J connectivity index is 1.61. The van der Waals surface area contributed by atoms with Gasteiger partial charge in [0.1, 0.15) is 12.1 Å². The fourth-order valence-electron chi connectivity index (χ4n) is 4.33. The lowest BCUT2D eigenvalue weighted by molar-refractivity contribution is -0.117. The number of amides is 1. The van der Waals surface area contributed by atoms with Crippen LogP contribution in [-0.2, 0) is 10.3 Å². The van der Waals surface area contributed by atoms with Gasteiger partial charge in [0.15, 0.2) is 5.82 Å². The highest BCUT2D eigenvalue weighted by molar-refractivity contribution is 6.27. The predicted molar refractivity (Wildman–Crippen MR) is 132 cm³/mol. The van der Waals surface area contributed by atoms with Crippen molar-refractivity contribution in [2.45, 2.75) is 71.4 Å². The summed E-state index contributed by atoms with van der Waals surface area (Å²) in [6.07, 6.45) is 8.63. The number of rotatable bonds is 10. The Labute approximate surface area is 200 Å². The molecule has 3 aromatic rings. The van der Waals surface area contributed by atoms with Crippen LogP contribution in [0.25, 0.3) is 11.1 Å². The van der Waals surface area contributed by atoms with Crippen LogP contribution < -0.4 is 10.1 Å². The second-order valence-corrected chi connectivity index (χ2v) is 9.36. The van der Waals surface area contributed by atoms with E-state index >= 15 is 0 Å². The van der Waals surface area contributed by atoms with Gasteiger partial charge >= 0.3 is 0 Å². The first kappa shape index (κ1) is 23.7. The maximum atomic E-state index is 13.4. The van der Waals surface area contributed by atoms with Crippen LogP contribution in [0.15, 0.2) is 42.9 Å². The monoisotopic (exact) mass is 462 g/mol. The van der Waals surface area contributed by atoms with Gasteiger partial charge in [-0.3, -0.25) is 14.6 Å². The Morgan fingerprint density at radius 1 is 1.15 bits per heavy atom. The van der Waals surface area contributed by atoms with Gasteiger partial charge in [-0.05, 0) is 56.5 Å². The Hall–Kier alpha value is -3.42. The van der Waals surface area contributed by atoms with Gasteiger partial charge in [0.25, 0.3) is 5.91 Å². The predicted octanol–water partition coefficient (Wildman–Crippen LogP) is 4.89. The van der Waals surface area contributed by atoms with Crippen LogP contribution in [0.3, 0.4) is 0 Å². The third-order valence-electron chi connectivity index (χ3n) is 6.31. The quantitative estimate of drug-likeness (QED) is 0.418. The highest BCUT2D eigenvalue weighted by Gasteiger charge is 2.39. The molecule has 2 aromatic heterocycles. The van der Waals surface area contributed by atoms with Crippen LogP contribution in [0.2, 0.25) is 0 Å². The zero-order chi connectivity index (χ0) is 24.1. The van der Waals surface area contributed by atoms with E-state index in [0.717, 1.165) is 35.6 Å². The molecule has 1 atom stereocenters. The molecule has 4 rings (SSSR count). The maximum Gasteiger partial charge on any atom is 0.256 e. The van der Waals surface area contributed by atoms with Gasteiger partial charge in [0.2, 0.25) is 0 Å². The van der Waals surface area contributed by atoms with Crippen LogP contribution in [-0.4, -0.2) is 37.5 Å². The Morgan fingerprint density at radius 2 is 1.94 bits per heavy atom. The number of carbonyl (C=O) groups excluding carboxylic acids is 1. The second-order valence-electron chi connectivity index (χ2n) is 9.36. The Kier molecular flexibility index (Phi) is 7.14. The van der Waals surface area contributed by atoms with E-state index in [9.17, 15) is 4.79 Å². The first-order chi connectivity index (χ1) is 16.4. The summed E-state index contributed by atoms with van der Waals surface area (Å²) >= 11 is 0. The topological polar surface area (TPSA) is 97.7 Å². The lowest BCUT2D eigenvalue weighted by Gasteiger charge is -2.37. The molecule has 8 heteroatoms. The normalized spacial score (nSPS) is 18.4. The zero-order valence-electron chi connectivity index (χ0n) is 20.5. The molecular weight excluding hydrogens is 428 g/mol. The van der Waals surface area contributed by atoms with Crippen LogP contribution in [0.1, 0.15) is 82.9 Å². The summed E-state index contributed by atoms with van der Waals surface area (Å²) in [5, 5.41) is 14.7. The van der Waals surface area contributed by atoms with Gasteiger partial charge in [-0.1, -0.05) is 38.3 Å². The second kappa shape index (κ2) is 10.2. The maximum absolute atomic E-state index is 13.4. The molecule has 0 spiro atoms. The molecule has 0 fully saturated rings. The van der Waals surface area contributed by atoms with Gasteiger partial charge < -0.3 is 10.1 Å². The largest absolute Gasteiger partial charge is 0.494 e. The average molecular weight is 463 g/mol. The SMILES string of the molecule is CCCCCCOc1ccc([C@]2(C)CC(c3ccn(C(C)C)n3)=C(c3ncn[nH]3)C(=O)N2)cc1. The van der Waals surface area contributed by atoms with Crippen molar-refractivity contribution in [2.75, 3.05) is 6.61 Å². The number of aromatic amines is 1. The van der Waals surface area contributed by atoms with E-state index in [4.69, 9.17) is 9.84 Å². The van der Waals surface area contributed by atoms with Crippen LogP contribution in [0.4, 0.5) is 0 Å². The number of carbonyl (C=O) groups is 1. The number of hydrogen-bond donors (Lipinski definition) is 2. The third-order valence-corrected chi connectivity index (χ3v) is 6.31. The van der Waals surface area contributed by atoms with Crippen molar-refractivity contribution in [3.8, 4) is 5.75 Å². The fourth-order valence-corrected chi connectivity index (χ4v) is 4.33. The molecule has 1 amide bonds. The molecule has 0 aliphatic carbocycles. The van der Waals surface area contributed by atoms with Crippen molar-refractivity contribution in [2.24, 2.45) is 0 Å². The molecule has 180 valence electrons. The minimum Gasteiger partial charge on any atom is -0.494 e. The molecule has 8 nitrogen and oxygen atoms in total. The van der Waals surface area contributed by atoms with Crippen molar-refractivity contribution in [1.29, 1.82) is 0 Å². The average Bonchev–Trinajstić information content (AvgIpc) is 3.51. The van der Waals surface area contributed by atoms with E-state index < -0.39 is 5.54 Å². The van der Waals surface area contributed by atoms with Crippen molar-refractivity contribution < 1.29 is 9.53 Å². The summed E-state index contributed by atoms with van der Waals surface area (Å²) < 4.78 is 7.80. The molecule has 0 radical (unpaired) electrons. The van der Waals surface area contributed by atoms with E-state index in [2.05, 4.69) is 41.3 Å². The highest BCUT2D eigenvalue weighted by Crippen LogP contribution is 2.40. The third kappa shape index (κ3) is 5.05. The standard InChI is InChI=1S/C26H34N6O2/c1-5-6-7-8-15-34-20-11-9-19(10-12-20)26(4)16-21(22-13-14-32(31-22)18(2)3)23(25(33)29-26)24-27-17-28-30-24/h9-14,17-18H,5-8,15-16H2,1-4H3,(H,29,33)(H,27,28,30)/t26-/m0/s1. The molecule has 0 saturated heterocycles.